The number of hydrogen-bond acceptors (Lipinski definition) is 5. The molecule has 5 heteroatoms. The van der Waals surface area contributed by atoms with E-state index in [-0.39, 0.29) is 11.6 Å². The topological polar surface area (TPSA) is 86.2 Å². The Morgan fingerprint density at radius 3 is 2.70 bits per heavy atom. The number of aromatic nitrogens is 1. The van der Waals surface area contributed by atoms with Gasteiger partial charge in [-0.1, -0.05) is 19.3 Å². The first kappa shape index (κ1) is 15.2. The van der Waals surface area contributed by atoms with Crippen LogP contribution in [0.4, 0.5) is 5.82 Å². The Kier molecular flexibility index (Phi) is 4.96. The molecular formula is C15H26N4O. The maximum atomic E-state index is 6.15. The number of hydrazine groups is 1. The van der Waals surface area contributed by atoms with E-state index in [4.69, 9.17) is 16.3 Å². The molecule has 0 saturated heterocycles. The molecule has 0 amide bonds. The number of aryl methyl sites for hydroxylation is 1. The molecule has 5 N–H and O–H groups in total. The summed E-state index contributed by atoms with van der Waals surface area (Å²) in [5, 5.41) is 0. The third kappa shape index (κ3) is 2.95. The van der Waals surface area contributed by atoms with E-state index < -0.39 is 0 Å². The molecule has 0 bridgehead atoms. The van der Waals surface area contributed by atoms with E-state index in [1.54, 1.807) is 6.20 Å². The van der Waals surface area contributed by atoms with Gasteiger partial charge in [0.25, 0.3) is 0 Å². The lowest BCUT2D eigenvalue weighted by atomic mass is 9.76. The monoisotopic (exact) mass is 278 g/mol. The number of hydrogen-bond donors (Lipinski definition) is 3. The quantitative estimate of drug-likeness (QED) is 0.568. The van der Waals surface area contributed by atoms with Crippen LogP contribution in [-0.2, 0) is 4.74 Å². The van der Waals surface area contributed by atoms with Gasteiger partial charge in [0, 0.05) is 18.4 Å². The zero-order valence-corrected chi connectivity index (χ0v) is 12.5. The van der Waals surface area contributed by atoms with Crippen molar-refractivity contribution in [2.24, 2.45) is 5.84 Å². The van der Waals surface area contributed by atoms with Crippen LogP contribution in [0.15, 0.2) is 12.3 Å². The van der Waals surface area contributed by atoms with Crippen molar-refractivity contribution in [1.29, 1.82) is 0 Å². The lowest BCUT2D eigenvalue weighted by Gasteiger charge is -2.43. The molecule has 0 aromatic carbocycles. The van der Waals surface area contributed by atoms with Gasteiger partial charge in [0.1, 0.15) is 5.82 Å². The first-order valence-corrected chi connectivity index (χ1v) is 7.45. The van der Waals surface area contributed by atoms with E-state index in [0.29, 0.717) is 12.4 Å². The second kappa shape index (κ2) is 6.52. The molecule has 1 aromatic rings. The van der Waals surface area contributed by atoms with Crippen LogP contribution in [0.1, 0.15) is 56.2 Å². The standard InChI is InChI=1S/C15H26N4O/c1-3-20-15(7-5-4-6-8-15)13(19-17)12-9-11(2)10-18-14(12)16/h9-10,13,19H,3-8,17H2,1-2H3,(H2,16,18). The van der Waals surface area contributed by atoms with Crippen LogP contribution in [0.3, 0.4) is 0 Å². The molecule has 1 aliphatic carbocycles. The summed E-state index contributed by atoms with van der Waals surface area (Å²) in [6.07, 6.45) is 7.37. The molecule has 1 aliphatic rings. The minimum atomic E-state index is -0.272. The van der Waals surface area contributed by atoms with Gasteiger partial charge in [-0.25, -0.2) is 10.4 Å². The Morgan fingerprint density at radius 1 is 1.40 bits per heavy atom. The summed E-state index contributed by atoms with van der Waals surface area (Å²) in [5.41, 5.74) is 10.8. The normalized spacial score (nSPS) is 19.8. The van der Waals surface area contributed by atoms with Crippen molar-refractivity contribution in [2.45, 2.75) is 57.6 Å². The molecule has 2 rings (SSSR count). The summed E-state index contributed by atoms with van der Waals surface area (Å²) in [6, 6.07) is 1.94. The van der Waals surface area contributed by atoms with Gasteiger partial charge in [-0.05, 0) is 38.3 Å². The first-order chi connectivity index (χ1) is 9.63. The van der Waals surface area contributed by atoms with Crippen LogP contribution in [0, 0.1) is 6.92 Å². The van der Waals surface area contributed by atoms with E-state index in [9.17, 15) is 0 Å². The van der Waals surface area contributed by atoms with Gasteiger partial charge in [-0.3, -0.25) is 5.84 Å². The molecule has 112 valence electrons. The molecule has 1 saturated carbocycles. The molecule has 5 nitrogen and oxygen atoms in total. The Balaban J connectivity index is 2.39. The minimum Gasteiger partial charge on any atom is -0.383 e. The van der Waals surface area contributed by atoms with Crippen molar-refractivity contribution in [2.75, 3.05) is 12.3 Å². The van der Waals surface area contributed by atoms with Gasteiger partial charge in [-0.15, -0.1) is 0 Å². The zero-order valence-electron chi connectivity index (χ0n) is 12.5. The van der Waals surface area contributed by atoms with E-state index in [2.05, 4.69) is 16.5 Å². The predicted octanol–water partition coefficient (Wildman–Crippen LogP) is 2.22. The van der Waals surface area contributed by atoms with Gasteiger partial charge in [0.15, 0.2) is 0 Å². The second-order valence-electron chi connectivity index (χ2n) is 5.65. The highest BCUT2D eigenvalue weighted by molar-refractivity contribution is 5.44. The molecule has 1 aromatic heterocycles. The highest BCUT2D eigenvalue weighted by atomic mass is 16.5. The third-order valence-corrected chi connectivity index (χ3v) is 4.22. The average molecular weight is 278 g/mol. The molecule has 1 atom stereocenters. The molecule has 1 fully saturated rings. The summed E-state index contributed by atoms with van der Waals surface area (Å²) >= 11 is 0. The summed E-state index contributed by atoms with van der Waals surface area (Å²) in [6.45, 7) is 4.72. The maximum absolute atomic E-state index is 6.15. The molecule has 0 spiro atoms. The van der Waals surface area contributed by atoms with E-state index in [0.717, 1.165) is 36.8 Å². The third-order valence-electron chi connectivity index (χ3n) is 4.22. The number of nitrogen functional groups attached to an aromatic ring is 1. The van der Waals surface area contributed by atoms with Crippen molar-refractivity contribution in [3.63, 3.8) is 0 Å². The van der Waals surface area contributed by atoms with E-state index in [1.807, 2.05) is 13.8 Å². The van der Waals surface area contributed by atoms with Crippen molar-refractivity contribution >= 4 is 5.82 Å². The van der Waals surface area contributed by atoms with Crippen LogP contribution in [-0.4, -0.2) is 17.2 Å². The summed E-state index contributed by atoms with van der Waals surface area (Å²) < 4.78 is 6.15. The number of ether oxygens (including phenoxy) is 1. The number of nitrogens with one attached hydrogen (secondary N) is 1. The van der Waals surface area contributed by atoms with Crippen LogP contribution >= 0.6 is 0 Å². The molecule has 1 unspecified atom stereocenters. The predicted molar refractivity (Wildman–Crippen MR) is 80.9 cm³/mol. The van der Waals surface area contributed by atoms with E-state index >= 15 is 0 Å². The summed E-state index contributed by atoms with van der Waals surface area (Å²) in [7, 11) is 0. The molecular weight excluding hydrogens is 252 g/mol. The largest absolute Gasteiger partial charge is 0.383 e. The fourth-order valence-electron chi connectivity index (χ4n) is 3.31. The van der Waals surface area contributed by atoms with Crippen LogP contribution in [0.25, 0.3) is 0 Å². The van der Waals surface area contributed by atoms with Crippen molar-refractivity contribution < 1.29 is 4.74 Å². The number of rotatable bonds is 5. The average Bonchev–Trinajstić information content (AvgIpc) is 2.45. The number of nitrogens with two attached hydrogens (primary N) is 2. The molecule has 1 heterocycles. The molecule has 20 heavy (non-hydrogen) atoms. The van der Waals surface area contributed by atoms with Gasteiger partial charge >= 0.3 is 0 Å². The SMILES string of the molecule is CCOC1(C(NN)c2cc(C)cnc2N)CCCCC1. The maximum Gasteiger partial charge on any atom is 0.128 e. The highest BCUT2D eigenvalue weighted by Gasteiger charge is 2.42. The van der Waals surface area contributed by atoms with Crippen molar-refractivity contribution in [3.8, 4) is 0 Å². The van der Waals surface area contributed by atoms with Gasteiger partial charge in [0.05, 0.1) is 11.6 Å². The smallest absolute Gasteiger partial charge is 0.128 e. The Bertz CT molecular complexity index is 438. The fraction of sp³-hybridized carbons (Fsp3) is 0.667. The Morgan fingerprint density at radius 2 is 2.10 bits per heavy atom. The second-order valence-corrected chi connectivity index (χ2v) is 5.65. The fourth-order valence-corrected chi connectivity index (χ4v) is 3.31. The lowest BCUT2D eigenvalue weighted by molar-refractivity contribution is -0.0912. The first-order valence-electron chi connectivity index (χ1n) is 7.45. The van der Waals surface area contributed by atoms with E-state index in [1.165, 1.54) is 6.42 Å². The number of pyridine rings is 1. The Hall–Kier alpha value is -1.17. The zero-order chi connectivity index (χ0) is 14.6. The van der Waals surface area contributed by atoms with Gasteiger partial charge < -0.3 is 10.5 Å². The van der Waals surface area contributed by atoms with Crippen LogP contribution in [0.5, 0.6) is 0 Å². The van der Waals surface area contributed by atoms with Crippen molar-refractivity contribution in [3.05, 3.63) is 23.4 Å². The molecule has 0 radical (unpaired) electrons. The van der Waals surface area contributed by atoms with Gasteiger partial charge in [-0.2, -0.15) is 0 Å². The van der Waals surface area contributed by atoms with Crippen LogP contribution < -0.4 is 17.0 Å². The highest BCUT2D eigenvalue weighted by Crippen LogP contribution is 2.42. The van der Waals surface area contributed by atoms with Crippen molar-refractivity contribution in [1.82, 2.24) is 10.4 Å². The number of anilines is 1. The van der Waals surface area contributed by atoms with Crippen LogP contribution in [0.2, 0.25) is 0 Å². The summed E-state index contributed by atoms with van der Waals surface area (Å²) in [4.78, 5) is 4.26. The van der Waals surface area contributed by atoms with Gasteiger partial charge in [0.2, 0.25) is 0 Å². The lowest BCUT2D eigenvalue weighted by Crippen LogP contribution is -2.50. The number of nitrogens with zero attached hydrogens (tertiary/aromatic N) is 1. The Labute approximate surface area is 121 Å². The molecule has 0 aliphatic heterocycles. The minimum absolute atomic E-state index is 0.116. The summed E-state index contributed by atoms with van der Waals surface area (Å²) in [5.74, 6) is 6.39.